The second kappa shape index (κ2) is 7.97. The number of fused-ring (bicyclic) bond motifs is 2. The van der Waals surface area contributed by atoms with Gasteiger partial charge in [0.05, 0.1) is 0 Å². The van der Waals surface area contributed by atoms with Crippen LogP contribution >= 0.6 is 0 Å². The van der Waals surface area contributed by atoms with Crippen molar-refractivity contribution in [3.05, 3.63) is 0 Å². The lowest BCUT2D eigenvalue weighted by molar-refractivity contribution is 0.0204. The van der Waals surface area contributed by atoms with E-state index in [1.807, 2.05) is 14.2 Å². The number of piperidine rings is 2. The fourth-order valence-corrected chi connectivity index (χ4v) is 9.87. The molecule has 0 unspecified atom stereocenters. The first kappa shape index (κ1) is 18.4. The Kier molecular flexibility index (Phi) is 5.87. The van der Waals surface area contributed by atoms with Crippen molar-refractivity contribution in [3.8, 4) is 0 Å². The smallest absolute Gasteiger partial charge is 0.374 e. The Morgan fingerprint density at radius 1 is 0.600 bits per heavy atom. The summed E-state index contributed by atoms with van der Waals surface area (Å²) in [6, 6.07) is 0. The molecule has 0 radical (unpaired) electrons. The zero-order valence-corrected chi connectivity index (χ0v) is 17.4. The highest BCUT2D eigenvalue weighted by Gasteiger charge is 2.54. The topological polar surface area (TPSA) is 24.9 Å². The molecule has 4 nitrogen and oxygen atoms in total. The van der Waals surface area contributed by atoms with Gasteiger partial charge in [-0.25, -0.2) is 0 Å². The molecule has 144 valence electrons. The minimum atomic E-state index is -2.43. The fourth-order valence-electron chi connectivity index (χ4n) is 6.51. The van der Waals surface area contributed by atoms with Gasteiger partial charge in [-0.3, -0.25) is 9.13 Å². The molecule has 0 aromatic rings. The van der Waals surface area contributed by atoms with Gasteiger partial charge in [-0.2, -0.15) is 0 Å². The summed E-state index contributed by atoms with van der Waals surface area (Å²) in [6.07, 6.45) is 14.2. The first-order chi connectivity index (χ1) is 12.3. The van der Waals surface area contributed by atoms with Gasteiger partial charge >= 0.3 is 8.88 Å². The van der Waals surface area contributed by atoms with Crippen LogP contribution in [0.1, 0.15) is 64.2 Å². The highest BCUT2D eigenvalue weighted by atomic mass is 28.4. The maximum atomic E-state index is 6.29. The minimum absolute atomic E-state index is 0.881. The van der Waals surface area contributed by atoms with Crippen LogP contribution in [0.5, 0.6) is 0 Å². The summed E-state index contributed by atoms with van der Waals surface area (Å²) in [4.78, 5) is 0. The van der Waals surface area contributed by atoms with Crippen LogP contribution in [0.25, 0.3) is 0 Å². The molecule has 5 heteroatoms. The molecule has 2 saturated carbocycles. The lowest BCUT2D eigenvalue weighted by atomic mass is 9.76. The third kappa shape index (κ3) is 3.47. The molecule has 4 fully saturated rings. The Bertz CT molecular complexity index is 409. The number of hydrogen-bond acceptors (Lipinski definition) is 4. The Labute approximate surface area is 155 Å². The van der Waals surface area contributed by atoms with Crippen molar-refractivity contribution in [2.75, 3.05) is 40.4 Å². The molecule has 0 spiro atoms. The van der Waals surface area contributed by atoms with Gasteiger partial charge < -0.3 is 8.85 Å². The Morgan fingerprint density at radius 2 is 1.00 bits per heavy atom. The van der Waals surface area contributed by atoms with E-state index in [-0.39, 0.29) is 0 Å². The van der Waals surface area contributed by atoms with Crippen LogP contribution in [-0.4, -0.2) is 58.4 Å². The van der Waals surface area contributed by atoms with Crippen molar-refractivity contribution in [1.82, 2.24) is 9.13 Å². The molecule has 0 aromatic heterocycles. The Hall–Kier alpha value is 0.0569. The van der Waals surface area contributed by atoms with Crippen LogP contribution in [0, 0.1) is 23.7 Å². The lowest BCUT2D eigenvalue weighted by Crippen LogP contribution is -2.72. The van der Waals surface area contributed by atoms with Gasteiger partial charge in [-0.1, -0.05) is 38.5 Å². The molecule has 4 aliphatic rings. The van der Waals surface area contributed by atoms with E-state index >= 15 is 0 Å². The highest BCUT2D eigenvalue weighted by molar-refractivity contribution is 6.61. The Morgan fingerprint density at radius 3 is 1.40 bits per heavy atom. The molecule has 2 heterocycles. The van der Waals surface area contributed by atoms with E-state index in [1.165, 1.54) is 90.4 Å². The van der Waals surface area contributed by atoms with Gasteiger partial charge in [0.1, 0.15) is 0 Å². The van der Waals surface area contributed by atoms with Gasteiger partial charge in [-0.15, -0.1) is 0 Å². The predicted octanol–water partition coefficient (Wildman–Crippen LogP) is 3.74. The van der Waals surface area contributed by atoms with E-state index in [9.17, 15) is 0 Å². The first-order valence-electron chi connectivity index (χ1n) is 10.9. The highest BCUT2D eigenvalue weighted by Crippen LogP contribution is 2.41. The van der Waals surface area contributed by atoms with E-state index in [0.29, 0.717) is 0 Å². The van der Waals surface area contributed by atoms with Gasteiger partial charge in [0.2, 0.25) is 0 Å². The molecular weight excluding hydrogens is 328 g/mol. The molecule has 4 atom stereocenters. The average molecular weight is 367 g/mol. The largest absolute Gasteiger partial charge is 0.522 e. The van der Waals surface area contributed by atoms with E-state index in [1.54, 1.807) is 0 Å². The predicted molar refractivity (Wildman–Crippen MR) is 103 cm³/mol. The van der Waals surface area contributed by atoms with Crippen molar-refractivity contribution in [1.29, 1.82) is 0 Å². The van der Waals surface area contributed by atoms with Gasteiger partial charge in [0, 0.05) is 14.2 Å². The third-order valence-corrected chi connectivity index (χ3v) is 11.4. The Balaban J connectivity index is 1.49. The molecule has 0 aromatic carbocycles. The summed E-state index contributed by atoms with van der Waals surface area (Å²) in [5, 5.41) is 0. The summed E-state index contributed by atoms with van der Waals surface area (Å²) < 4.78 is 17.9. The van der Waals surface area contributed by atoms with Crippen LogP contribution in [0.2, 0.25) is 0 Å². The van der Waals surface area contributed by atoms with E-state index in [4.69, 9.17) is 8.85 Å². The van der Waals surface area contributed by atoms with Gasteiger partial charge in [0.25, 0.3) is 0 Å². The summed E-state index contributed by atoms with van der Waals surface area (Å²) in [7, 11) is 1.40. The maximum absolute atomic E-state index is 6.29. The van der Waals surface area contributed by atoms with Crippen LogP contribution < -0.4 is 0 Å². The van der Waals surface area contributed by atoms with E-state index in [0.717, 1.165) is 23.7 Å². The molecular formula is C20H38N2O2Si. The molecule has 2 aliphatic heterocycles. The molecule has 0 N–H and O–H groups in total. The van der Waals surface area contributed by atoms with Crippen molar-refractivity contribution >= 4 is 8.88 Å². The normalized spacial score (nSPS) is 38.2. The van der Waals surface area contributed by atoms with Crippen molar-refractivity contribution < 1.29 is 8.85 Å². The maximum Gasteiger partial charge on any atom is 0.522 e. The van der Waals surface area contributed by atoms with Crippen LogP contribution in [0.4, 0.5) is 0 Å². The SMILES string of the molecule is CO[Si](OC)(N1CC[C@@H]2CCCC[C@@H]2C1)N1CC[C@@H]2CCCC[C@@H]2C1. The quantitative estimate of drug-likeness (QED) is 0.708. The molecule has 2 saturated heterocycles. The minimum Gasteiger partial charge on any atom is -0.374 e. The number of hydrogen-bond donors (Lipinski definition) is 0. The van der Waals surface area contributed by atoms with Crippen LogP contribution in [0.15, 0.2) is 0 Å². The van der Waals surface area contributed by atoms with Crippen molar-refractivity contribution in [3.63, 3.8) is 0 Å². The fraction of sp³-hybridized carbons (Fsp3) is 1.00. The van der Waals surface area contributed by atoms with Gasteiger partial charge in [0.15, 0.2) is 0 Å². The number of nitrogens with zero attached hydrogens (tertiary/aromatic N) is 2. The van der Waals surface area contributed by atoms with Crippen LogP contribution in [-0.2, 0) is 8.85 Å². The summed E-state index contributed by atoms with van der Waals surface area (Å²) in [6.45, 7) is 4.78. The van der Waals surface area contributed by atoms with E-state index in [2.05, 4.69) is 9.13 Å². The third-order valence-electron chi connectivity index (χ3n) is 7.91. The van der Waals surface area contributed by atoms with Crippen molar-refractivity contribution in [2.45, 2.75) is 64.2 Å². The second-order valence-corrected chi connectivity index (χ2v) is 12.2. The van der Waals surface area contributed by atoms with E-state index < -0.39 is 8.88 Å². The lowest BCUT2D eigenvalue weighted by Gasteiger charge is -2.52. The zero-order valence-electron chi connectivity index (χ0n) is 16.4. The summed E-state index contributed by atoms with van der Waals surface area (Å²) in [5.74, 6) is 3.70. The first-order valence-corrected chi connectivity index (χ1v) is 12.6. The second-order valence-electron chi connectivity index (χ2n) is 9.04. The summed E-state index contributed by atoms with van der Waals surface area (Å²) >= 11 is 0. The molecule has 0 bridgehead atoms. The molecule has 2 aliphatic carbocycles. The van der Waals surface area contributed by atoms with Crippen molar-refractivity contribution in [2.24, 2.45) is 23.7 Å². The zero-order chi connectivity index (χ0) is 17.3. The molecule has 4 rings (SSSR count). The van der Waals surface area contributed by atoms with Crippen LogP contribution in [0.3, 0.4) is 0 Å². The molecule has 0 amide bonds. The monoisotopic (exact) mass is 366 g/mol. The number of rotatable bonds is 4. The van der Waals surface area contributed by atoms with Gasteiger partial charge in [-0.05, 0) is 75.5 Å². The molecule has 25 heavy (non-hydrogen) atoms. The standard InChI is InChI=1S/C20H38N2O2Si/c1-23-25(24-2,21-13-11-17-7-3-5-9-19(17)15-21)22-14-12-18-8-4-6-10-20(18)16-22/h17-20H,3-16H2,1-2H3/t17-,18-,19+,20+/m0/s1. The average Bonchev–Trinajstić information content (AvgIpc) is 2.69. The summed E-state index contributed by atoms with van der Waals surface area (Å²) in [5.41, 5.74) is 0.